The van der Waals surface area contributed by atoms with Crippen LogP contribution in [-0.2, 0) is 16.8 Å². The number of nitrogens with one attached hydrogen (secondary N) is 1. The lowest BCUT2D eigenvalue weighted by Gasteiger charge is -2.19. The van der Waals surface area contributed by atoms with E-state index in [1.165, 1.54) is 5.56 Å². The van der Waals surface area contributed by atoms with E-state index in [0.717, 1.165) is 21.8 Å². The number of rotatable bonds is 5. The second kappa shape index (κ2) is 7.54. The molecule has 1 N–H and O–H groups in total. The van der Waals surface area contributed by atoms with Crippen LogP contribution in [0, 0.1) is 0 Å². The molecule has 1 heterocycles. The largest absolute Gasteiger partial charge is 0.340 e. The molecule has 26 heavy (non-hydrogen) atoms. The molecule has 136 valence electrons. The van der Waals surface area contributed by atoms with Gasteiger partial charge in [-0.3, -0.25) is 4.79 Å². The number of imidazole rings is 1. The summed E-state index contributed by atoms with van der Waals surface area (Å²) in [5.74, 6) is 1.32. The van der Waals surface area contributed by atoms with Crippen molar-refractivity contribution < 1.29 is 4.79 Å². The zero-order valence-electron chi connectivity index (χ0n) is 15.7. The average Bonchev–Trinajstić information content (AvgIpc) is 3.01. The lowest BCUT2D eigenvalue weighted by molar-refractivity contribution is -0.127. The molecular formula is C21H25N3OS. The zero-order valence-corrected chi connectivity index (χ0v) is 16.6. The third-order valence-corrected chi connectivity index (χ3v) is 5.33. The van der Waals surface area contributed by atoms with Crippen LogP contribution in [0.15, 0.2) is 53.4 Å². The summed E-state index contributed by atoms with van der Waals surface area (Å²) in [4.78, 5) is 23.0. The van der Waals surface area contributed by atoms with Gasteiger partial charge < -0.3 is 9.88 Å². The first-order valence-electron chi connectivity index (χ1n) is 8.74. The van der Waals surface area contributed by atoms with Crippen molar-refractivity contribution in [2.45, 2.75) is 37.6 Å². The number of thioether (sulfide) groups is 1. The Hall–Kier alpha value is -2.27. The highest BCUT2D eigenvalue weighted by Gasteiger charge is 2.14. The fourth-order valence-electron chi connectivity index (χ4n) is 2.70. The number of carbonyl (C=O) groups is 1. The number of aromatic amines is 1. The molecular weight excluding hydrogens is 342 g/mol. The van der Waals surface area contributed by atoms with Crippen LogP contribution in [0.4, 0.5) is 0 Å². The zero-order chi connectivity index (χ0) is 18.7. The standard InChI is InChI=1S/C21H25N3OS/c1-21(2,3)15-9-11-16(12-10-15)26-14-20(25)24(4)13-19-22-17-7-5-6-8-18(17)23-19/h5-12H,13-14H2,1-4H3,(H,22,23). The highest BCUT2D eigenvalue weighted by Crippen LogP contribution is 2.25. The Morgan fingerprint density at radius 1 is 1.12 bits per heavy atom. The number of amides is 1. The van der Waals surface area contributed by atoms with Crippen LogP contribution in [0.2, 0.25) is 0 Å². The van der Waals surface area contributed by atoms with Crippen LogP contribution in [0.1, 0.15) is 32.2 Å². The van der Waals surface area contributed by atoms with Gasteiger partial charge in [0, 0.05) is 11.9 Å². The van der Waals surface area contributed by atoms with E-state index >= 15 is 0 Å². The van der Waals surface area contributed by atoms with Crippen LogP contribution >= 0.6 is 11.8 Å². The van der Waals surface area contributed by atoms with Gasteiger partial charge in [0.1, 0.15) is 5.82 Å². The highest BCUT2D eigenvalue weighted by molar-refractivity contribution is 8.00. The smallest absolute Gasteiger partial charge is 0.233 e. The predicted molar refractivity (Wildman–Crippen MR) is 108 cm³/mol. The van der Waals surface area contributed by atoms with Gasteiger partial charge in [-0.15, -0.1) is 11.8 Å². The van der Waals surface area contributed by atoms with E-state index in [4.69, 9.17) is 0 Å². The highest BCUT2D eigenvalue weighted by atomic mass is 32.2. The molecule has 0 radical (unpaired) electrons. The Labute approximate surface area is 159 Å². The molecule has 0 spiro atoms. The summed E-state index contributed by atoms with van der Waals surface area (Å²) in [5, 5.41) is 0. The van der Waals surface area contributed by atoms with E-state index < -0.39 is 0 Å². The molecule has 3 rings (SSSR count). The molecule has 0 aliphatic rings. The first-order chi connectivity index (χ1) is 12.3. The van der Waals surface area contributed by atoms with Crippen molar-refractivity contribution in [1.29, 1.82) is 0 Å². The average molecular weight is 368 g/mol. The Morgan fingerprint density at radius 3 is 2.46 bits per heavy atom. The molecule has 1 amide bonds. The topological polar surface area (TPSA) is 49.0 Å². The van der Waals surface area contributed by atoms with E-state index in [1.54, 1.807) is 16.7 Å². The molecule has 0 atom stereocenters. The van der Waals surface area contributed by atoms with Crippen molar-refractivity contribution in [1.82, 2.24) is 14.9 Å². The minimum atomic E-state index is 0.0929. The lowest BCUT2D eigenvalue weighted by Crippen LogP contribution is -2.28. The van der Waals surface area contributed by atoms with Crippen molar-refractivity contribution >= 4 is 28.7 Å². The van der Waals surface area contributed by atoms with E-state index in [1.807, 2.05) is 31.3 Å². The first kappa shape index (κ1) is 18.5. The summed E-state index contributed by atoms with van der Waals surface area (Å²) >= 11 is 1.57. The molecule has 3 aromatic rings. The summed E-state index contributed by atoms with van der Waals surface area (Å²) in [7, 11) is 1.82. The number of nitrogens with zero attached hydrogens (tertiary/aromatic N) is 2. The van der Waals surface area contributed by atoms with Gasteiger partial charge in [-0.25, -0.2) is 4.98 Å². The lowest BCUT2D eigenvalue weighted by atomic mass is 9.87. The number of fused-ring (bicyclic) bond motifs is 1. The number of carbonyl (C=O) groups excluding carboxylic acids is 1. The van der Waals surface area contributed by atoms with Gasteiger partial charge in [0.25, 0.3) is 0 Å². The monoisotopic (exact) mass is 367 g/mol. The number of benzene rings is 2. The van der Waals surface area contributed by atoms with Crippen LogP contribution in [0.25, 0.3) is 11.0 Å². The number of hydrogen-bond acceptors (Lipinski definition) is 3. The quantitative estimate of drug-likeness (QED) is 0.670. The number of para-hydroxylation sites is 2. The Balaban J connectivity index is 1.55. The minimum Gasteiger partial charge on any atom is -0.340 e. The van der Waals surface area contributed by atoms with Gasteiger partial charge in [0.15, 0.2) is 0 Å². The molecule has 0 aliphatic carbocycles. The third kappa shape index (κ3) is 4.47. The maximum absolute atomic E-state index is 12.4. The van der Waals surface area contributed by atoms with Gasteiger partial charge >= 0.3 is 0 Å². The van der Waals surface area contributed by atoms with E-state index in [9.17, 15) is 4.79 Å². The van der Waals surface area contributed by atoms with Gasteiger partial charge in [0.05, 0.1) is 23.3 Å². The third-order valence-electron chi connectivity index (χ3n) is 4.33. The normalized spacial score (nSPS) is 11.7. The Bertz CT molecular complexity index is 861. The molecule has 2 aromatic carbocycles. The molecule has 4 nitrogen and oxygen atoms in total. The number of hydrogen-bond donors (Lipinski definition) is 1. The summed E-state index contributed by atoms with van der Waals surface area (Å²) < 4.78 is 0. The molecule has 5 heteroatoms. The minimum absolute atomic E-state index is 0.0929. The molecule has 0 saturated heterocycles. The van der Waals surface area contributed by atoms with E-state index in [2.05, 4.69) is 55.0 Å². The molecule has 0 bridgehead atoms. The summed E-state index contributed by atoms with van der Waals surface area (Å²) in [6.07, 6.45) is 0. The van der Waals surface area contributed by atoms with Crippen molar-refractivity contribution in [2.75, 3.05) is 12.8 Å². The number of aromatic nitrogens is 2. The van der Waals surface area contributed by atoms with Crippen LogP contribution in [-0.4, -0.2) is 33.6 Å². The molecule has 0 aliphatic heterocycles. The van der Waals surface area contributed by atoms with E-state index in [-0.39, 0.29) is 11.3 Å². The maximum atomic E-state index is 12.4. The van der Waals surface area contributed by atoms with Gasteiger partial charge in [-0.2, -0.15) is 0 Å². The Morgan fingerprint density at radius 2 is 1.81 bits per heavy atom. The van der Waals surface area contributed by atoms with Crippen LogP contribution in [0.3, 0.4) is 0 Å². The van der Waals surface area contributed by atoms with Gasteiger partial charge in [-0.05, 0) is 35.2 Å². The number of H-pyrrole nitrogens is 1. The SMILES string of the molecule is CN(Cc1nc2ccccc2[nH]1)C(=O)CSc1ccc(C(C)(C)C)cc1. The first-order valence-corrected chi connectivity index (χ1v) is 9.72. The Kier molecular flexibility index (Phi) is 5.37. The van der Waals surface area contributed by atoms with Crippen molar-refractivity contribution in [2.24, 2.45) is 0 Å². The summed E-state index contributed by atoms with van der Waals surface area (Å²) in [6, 6.07) is 16.4. The molecule has 1 aromatic heterocycles. The van der Waals surface area contributed by atoms with Crippen molar-refractivity contribution in [3.63, 3.8) is 0 Å². The molecule has 0 fully saturated rings. The van der Waals surface area contributed by atoms with E-state index in [0.29, 0.717) is 12.3 Å². The maximum Gasteiger partial charge on any atom is 0.233 e. The van der Waals surface area contributed by atoms with Crippen molar-refractivity contribution in [3.05, 3.63) is 59.9 Å². The van der Waals surface area contributed by atoms with Crippen molar-refractivity contribution in [3.8, 4) is 0 Å². The summed E-state index contributed by atoms with van der Waals surface area (Å²) in [5.41, 5.74) is 3.37. The van der Waals surface area contributed by atoms with Crippen LogP contribution in [0.5, 0.6) is 0 Å². The fourth-order valence-corrected chi connectivity index (χ4v) is 3.54. The molecule has 0 unspecified atom stereocenters. The molecule has 0 saturated carbocycles. The van der Waals surface area contributed by atoms with Gasteiger partial charge in [0.2, 0.25) is 5.91 Å². The fraction of sp³-hybridized carbons (Fsp3) is 0.333. The summed E-state index contributed by atoms with van der Waals surface area (Å²) in [6.45, 7) is 7.08. The second-order valence-electron chi connectivity index (χ2n) is 7.51. The second-order valence-corrected chi connectivity index (χ2v) is 8.56. The van der Waals surface area contributed by atoms with Gasteiger partial charge in [-0.1, -0.05) is 45.0 Å². The van der Waals surface area contributed by atoms with Crippen LogP contribution < -0.4 is 0 Å². The predicted octanol–water partition coefficient (Wildman–Crippen LogP) is 4.61.